The lowest BCUT2D eigenvalue weighted by Crippen LogP contribution is -2.34. The summed E-state index contributed by atoms with van der Waals surface area (Å²) >= 11 is 0. The number of guanidine groups is 1. The number of likely N-dealkylation sites (N-methyl/N-ethyl adjacent to an activating group) is 2. The first-order valence-electron chi connectivity index (χ1n) is 13.7. The minimum Gasteiger partial charge on any atom is -0.370 e. The van der Waals surface area contributed by atoms with Gasteiger partial charge in [0.1, 0.15) is 11.6 Å². The molecule has 0 aromatic heterocycles. The maximum Gasteiger partial charge on any atom is 0.185 e. The van der Waals surface area contributed by atoms with E-state index >= 15 is 0 Å². The number of nitrogens with two attached hydrogens (primary N) is 2. The summed E-state index contributed by atoms with van der Waals surface area (Å²) in [6.07, 6.45) is 9.38. The normalized spacial score (nSPS) is 13.5. The van der Waals surface area contributed by atoms with Gasteiger partial charge in [-0.2, -0.15) is 0 Å². The quantitative estimate of drug-likeness (QED) is 0.184. The van der Waals surface area contributed by atoms with Crippen molar-refractivity contribution in [3.63, 3.8) is 0 Å². The van der Waals surface area contributed by atoms with Gasteiger partial charge >= 0.3 is 0 Å². The predicted molar refractivity (Wildman–Crippen MR) is 154 cm³/mol. The summed E-state index contributed by atoms with van der Waals surface area (Å²) in [5, 5.41) is 6.03. The van der Waals surface area contributed by atoms with Gasteiger partial charge in [0.15, 0.2) is 5.96 Å². The molecule has 0 radical (unpaired) electrons. The van der Waals surface area contributed by atoms with Crippen LogP contribution in [-0.2, 0) is 9.59 Å². The molecule has 0 aliphatic heterocycles. The van der Waals surface area contributed by atoms with Crippen LogP contribution in [0.1, 0.15) is 121 Å². The number of nitrogens with one attached hydrogen (secondary N) is 2. The molecule has 0 spiro atoms. The molecule has 0 saturated heterocycles. The van der Waals surface area contributed by atoms with E-state index in [9.17, 15) is 9.59 Å². The second kappa shape index (κ2) is 36.1. The molecule has 2 atom stereocenters. The summed E-state index contributed by atoms with van der Waals surface area (Å²) in [7, 11) is 3.65. The number of Topliss-reactive ketones (excluding diaryl/α,β-unsaturated/α-hetero) is 2. The molecule has 6 N–H and O–H groups in total. The Hall–Kier alpha value is -1.47. The molecule has 1 aliphatic rings. The molecule has 34 heavy (non-hydrogen) atoms. The lowest BCUT2D eigenvalue weighted by Gasteiger charge is -2.24. The number of hydrogen-bond donors (Lipinski definition) is 4. The van der Waals surface area contributed by atoms with Crippen LogP contribution in [0, 0.1) is 5.92 Å². The second-order valence-electron chi connectivity index (χ2n) is 7.09. The van der Waals surface area contributed by atoms with Crippen molar-refractivity contribution in [1.29, 1.82) is 0 Å². The smallest absolute Gasteiger partial charge is 0.185 e. The third-order valence-corrected chi connectivity index (χ3v) is 4.92. The molecule has 1 saturated carbocycles. The number of hydrogen-bond acceptors (Lipinski definition) is 5. The molecule has 1 aliphatic carbocycles. The van der Waals surface area contributed by atoms with E-state index in [1.165, 1.54) is 32.1 Å². The average molecular weight is 490 g/mol. The summed E-state index contributed by atoms with van der Waals surface area (Å²) < 4.78 is 0. The van der Waals surface area contributed by atoms with E-state index in [1.54, 1.807) is 20.9 Å². The Morgan fingerprint density at radius 3 is 1.53 bits per heavy atom. The topological polar surface area (TPSA) is 123 Å². The van der Waals surface area contributed by atoms with Gasteiger partial charge in [-0.25, -0.2) is 0 Å². The zero-order chi connectivity index (χ0) is 27.9. The van der Waals surface area contributed by atoms with Crippen molar-refractivity contribution in [3.05, 3.63) is 0 Å². The Morgan fingerprint density at radius 1 is 0.794 bits per heavy atom. The van der Waals surface area contributed by atoms with Crippen molar-refractivity contribution >= 4 is 17.5 Å². The number of rotatable bonds is 10. The van der Waals surface area contributed by atoms with Crippen molar-refractivity contribution in [2.24, 2.45) is 22.4 Å². The molecule has 7 heteroatoms. The number of aliphatic imine (C=N–C) groups is 1. The molecule has 0 heterocycles. The first-order chi connectivity index (χ1) is 16.3. The van der Waals surface area contributed by atoms with Gasteiger partial charge < -0.3 is 22.1 Å². The van der Waals surface area contributed by atoms with Crippen LogP contribution >= 0.6 is 0 Å². The number of carbonyl (C=O) groups excluding carboxylic acids is 2. The molecule has 1 fully saturated rings. The summed E-state index contributed by atoms with van der Waals surface area (Å²) in [6, 6.07) is 0.0253. The van der Waals surface area contributed by atoms with Crippen LogP contribution in [0.5, 0.6) is 0 Å². The first kappa shape index (κ1) is 42.7. The molecular formula is C27H63N5O2. The number of carbonyl (C=O) groups is 2. The van der Waals surface area contributed by atoms with Gasteiger partial charge in [0, 0.05) is 6.54 Å². The standard InChI is InChI=1S/C11H21NO.C8H18N4O.4C2H6/c1-9(13)11(12-2)8-10-6-4-3-5-7-10;1-6(13)7(11-2)4-3-5-12-8(9)10;4*1-2/h10-12H,3-8H2,1-2H3;7,11H,3-5H2,1-2H3,(H4,9,10,12);4*1-2H3/t11-;7-;;;;/m11..../s1. The van der Waals surface area contributed by atoms with Gasteiger partial charge in [0.05, 0.1) is 12.1 Å². The third kappa shape index (κ3) is 30.5. The number of nitrogens with zero attached hydrogens (tertiary/aromatic N) is 1. The van der Waals surface area contributed by atoms with Crippen molar-refractivity contribution in [2.45, 2.75) is 133 Å². The van der Waals surface area contributed by atoms with E-state index in [0.29, 0.717) is 6.54 Å². The summed E-state index contributed by atoms with van der Waals surface area (Å²) in [5.74, 6) is 1.32. The fourth-order valence-electron chi connectivity index (χ4n) is 3.30. The third-order valence-electron chi connectivity index (χ3n) is 4.92. The lowest BCUT2D eigenvalue weighted by atomic mass is 9.84. The molecule has 208 valence electrons. The number of ketones is 2. The van der Waals surface area contributed by atoms with Crippen molar-refractivity contribution in [3.8, 4) is 0 Å². The summed E-state index contributed by atoms with van der Waals surface area (Å²) in [4.78, 5) is 26.0. The van der Waals surface area contributed by atoms with E-state index in [4.69, 9.17) is 11.5 Å². The zero-order valence-corrected chi connectivity index (χ0v) is 25.0. The maximum absolute atomic E-state index is 11.2. The fourth-order valence-corrected chi connectivity index (χ4v) is 3.30. The van der Waals surface area contributed by atoms with E-state index < -0.39 is 0 Å². The van der Waals surface area contributed by atoms with Crippen LogP contribution in [0.3, 0.4) is 0 Å². The highest BCUT2D eigenvalue weighted by Gasteiger charge is 2.20. The van der Waals surface area contributed by atoms with Gasteiger partial charge in [0.25, 0.3) is 0 Å². The van der Waals surface area contributed by atoms with Gasteiger partial charge in [-0.15, -0.1) is 0 Å². The molecular weight excluding hydrogens is 426 g/mol. The Labute approximate surface area is 213 Å². The van der Waals surface area contributed by atoms with Crippen LogP contribution < -0.4 is 22.1 Å². The van der Waals surface area contributed by atoms with Crippen molar-refractivity contribution in [1.82, 2.24) is 10.6 Å². The monoisotopic (exact) mass is 489 g/mol. The molecule has 0 aromatic carbocycles. The highest BCUT2D eigenvalue weighted by molar-refractivity contribution is 5.81. The molecule has 0 amide bonds. The Balaban J connectivity index is -0.000000127. The lowest BCUT2D eigenvalue weighted by molar-refractivity contribution is -0.120. The highest BCUT2D eigenvalue weighted by atomic mass is 16.1. The fraction of sp³-hybridized carbons (Fsp3) is 0.889. The van der Waals surface area contributed by atoms with Gasteiger partial charge in [0.2, 0.25) is 0 Å². The highest BCUT2D eigenvalue weighted by Crippen LogP contribution is 2.27. The predicted octanol–water partition coefficient (Wildman–Crippen LogP) is 5.46. The Bertz CT molecular complexity index is 433. The van der Waals surface area contributed by atoms with Crippen LogP contribution in [0.25, 0.3) is 0 Å². The van der Waals surface area contributed by atoms with Crippen LogP contribution in [0.4, 0.5) is 0 Å². The van der Waals surface area contributed by atoms with Gasteiger partial charge in [-0.3, -0.25) is 14.6 Å². The molecule has 0 unspecified atom stereocenters. The summed E-state index contributed by atoms with van der Waals surface area (Å²) in [5.41, 5.74) is 10.3. The van der Waals surface area contributed by atoms with Crippen LogP contribution in [-0.4, -0.2) is 50.2 Å². The zero-order valence-electron chi connectivity index (χ0n) is 25.0. The Morgan fingerprint density at radius 2 is 1.21 bits per heavy atom. The first-order valence-corrected chi connectivity index (χ1v) is 13.7. The van der Waals surface area contributed by atoms with E-state index in [1.807, 2.05) is 62.4 Å². The average Bonchev–Trinajstić information content (AvgIpc) is 2.88. The SMILES string of the molecule is CC.CC.CC.CC.CN[C@H](CC1CCCCC1)C(C)=O.CN[C@H](CCCN=C(N)N)C(C)=O. The van der Waals surface area contributed by atoms with E-state index in [-0.39, 0.29) is 29.6 Å². The van der Waals surface area contributed by atoms with Crippen LogP contribution in [0.2, 0.25) is 0 Å². The minimum absolute atomic E-state index is 0.0748. The van der Waals surface area contributed by atoms with Crippen LogP contribution in [0.15, 0.2) is 4.99 Å². The molecule has 7 nitrogen and oxygen atoms in total. The summed E-state index contributed by atoms with van der Waals surface area (Å²) in [6.45, 7) is 19.8. The van der Waals surface area contributed by atoms with E-state index in [0.717, 1.165) is 25.2 Å². The Kier molecular flexibility index (Phi) is 45.3. The minimum atomic E-state index is -0.0748. The van der Waals surface area contributed by atoms with Crippen molar-refractivity contribution < 1.29 is 9.59 Å². The molecule has 1 rings (SSSR count). The maximum atomic E-state index is 11.2. The van der Waals surface area contributed by atoms with Gasteiger partial charge in [-0.05, 0) is 53.1 Å². The van der Waals surface area contributed by atoms with Gasteiger partial charge in [-0.1, -0.05) is 87.5 Å². The molecule has 0 bridgehead atoms. The largest absolute Gasteiger partial charge is 0.370 e. The van der Waals surface area contributed by atoms with E-state index in [2.05, 4.69) is 15.6 Å². The second-order valence-corrected chi connectivity index (χ2v) is 7.09. The molecule has 0 aromatic rings. The van der Waals surface area contributed by atoms with Crippen molar-refractivity contribution in [2.75, 3.05) is 20.6 Å².